The molecular formula is C18H18ClFN2O3. The standard InChI is InChI=1S/C18H18ClFN2O3/c19-14-5-7-15(8-6-14)25-12-18(24)22-11-17(23)21-10-9-13-3-1-2-4-16(13)20/h1-8H,9-12H2,(H,21,23)(H,22,24). The largest absolute Gasteiger partial charge is 0.484 e. The highest BCUT2D eigenvalue weighted by molar-refractivity contribution is 6.30. The van der Waals surface area contributed by atoms with Gasteiger partial charge in [-0.05, 0) is 42.3 Å². The Hall–Kier alpha value is -2.60. The first-order valence-electron chi connectivity index (χ1n) is 7.70. The fourth-order valence-corrected chi connectivity index (χ4v) is 2.14. The number of nitrogens with one attached hydrogen (secondary N) is 2. The molecule has 0 bridgehead atoms. The fourth-order valence-electron chi connectivity index (χ4n) is 2.01. The Kier molecular flexibility index (Phi) is 7.22. The Bertz CT molecular complexity index is 723. The third-order valence-electron chi connectivity index (χ3n) is 3.30. The Morgan fingerprint density at radius 2 is 1.72 bits per heavy atom. The van der Waals surface area contributed by atoms with Gasteiger partial charge in [0.25, 0.3) is 5.91 Å². The van der Waals surface area contributed by atoms with E-state index in [9.17, 15) is 14.0 Å². The molecule has 25 heavy (non-hydrogen) atoms. The van der Waals surface area contributed by atoms with Crippen molar-refractivity contribution in [3.8, 4) is 5.75 Å². The smallest absolute Gasteiger partial charge is 0.258 e. The summed E-state index contributed by atoms with van der Waals surface area (Å²) in [6.07, 6.45) is 0.381. The summed E-state index contributed by atoms with van der Waals surface area (Å²) in [6, 6.07) is 13.0. The number of carbonyl (C=O) groups excluding carboxylic acids is 2. The van der Waals surface area contributed by atoms with Crippen molar-refractivity contribution in [1.29, 1.82) is 0 Å². The van der Waals surface area contributed by atoms with Crippen LogP contribution in [0.3, 0.4) is 0 Å². The van der Waals surface area contributed by atoms with Gasteiger partial charge in [0.05, 0.1) is 6.54 Å². The van der Waals surface area contributed by atoms with E-state index in [-0.39, 0.29) is 31.4 Å². The first kappa shape index (κ1) is 18.7. The predicted molar refractivity (Wildman–Crippen MR) is 93.1 cm³/mol. The van der Waals surface area contributed by atoms with Gasteiger partial charge in [0.2, 0.25) is 5.91 Å². The van der Waals surface area contributed by atoms with E-state index in [0.717, 1.165) is 0 Å². The molecule has 2 aromatic carbocycles. The monoisotopic (exact) mass is 364 g/mol. The average molecular weight is 365 g/mol. The lowest BCUT2D eigenvalue weighted by Crippen LogP contribution is -2.39. The van der Waals surface area contributed by atoms with E-state index >= 15 is 0 Å². The SMILES string of the molecule is O=C(CNC(=O)COc1ccc(Cl)cc1)NCCc1ccccc1F. The minimum atomic E-state index is -0.417. The van der Waals surface area contributed by atoms with Gasteiger partial charge in [-0.3, -0.25) is 9.59 Å². The molecule has 2 amide bonds. The van der Waals surface area contributed by atoms with Crippen molar-refractivity contribution < 1.29 is 18.7 Å². The van der Waals surface area contributed by atoms with Gasteiger partial charge in [-0.1, -0.05) is 29.8 Å². The zero-order chi connectivity index (χ0) is 18.1. The number of rotatable bonds is 8. The molecule has 0 fully saturated rings. The molecular weight excluding hydrogens is 347 g/mol. The van der Waals surface area contributed by atoms with Crippen molar-refractivity contribution >= 4 is 23.4 Å². The summed E-state index contributed by atoms with van der Waals surface area (Å²) in [5.74, 6) is -0.561. The predicted octanol–water partition coefficient (Wildman–Crippen LogP) is 2.33. The van der Waals surface area contributed by atoms with Gasteiger partial charge in [0.15, 0.2) is 6.61 Å². The molecule has 0 saturated carbocycles. The van der Waals surface area contributed by atoms with Crippen molar-refractivity contribution in [3.63, 3.8) is 0 Å². The lowest BCUT2D eigenvalue weighted by atomic mass is 10.1. The van der Waals surface area contributed by atoms with E-state index in [4.69, 9.17) is 16.3 Å². The summed E-state index contributed by atoms with van der Waals surface area (Å²) in [5.41, 5.74) is 0.531. The molecule has 0 aliphatic heterocycles. The molecule has 5 nitrogen and oxygen atoms in total. The third kappa shape index (κ3) is 6.81. The number of amides is 2. The van der Waals surface area contributed by atoms with Crippen LogP contribution < -0.4 is 15.4 Å². The summed E-state index contributed by atoms with van der Waals surface area (Å²) in [5, 5.41) is 5.64. The molecule has 2 aromatic rings. The van der Waals surface area contributed by atoms with Crippen molar-refractivity contribution in [2.45, 2.75) is 6.42 Å². The van der Waals surface area contributed by atoms with Crippen LogP contribution in [0.25, 0.3) is 0 Å². The maximum Gasteiger partial charge on any atom is 0.258 e. The van der Waals surface area contributed by atoms with Gasteiger partial charge in [-0.15, -0.1) is 0 Å². The van der Waals surface area contributed by atoms with Gasteiger partial charge in [0.1, 0.15) is 11.6 Å². The van der Waals surface area contributed by atoms with Crippen LogP contribution in [0.2, 0.25) is 5.02 Å². The zero-order valence-corrected chi connectivity index (χ0v) is 14.2. The third-order valence-corrected chi connectivity index (χ3v) is 3.56. The Morgan fingerprint density at radius 3 is 2.44 bits per heavy atom. The van der Waals surface area contributed by atoms with Gasteiger partial charge in [-0.2, -0.15) is 0 Å². The minimum absolute atomic E-state index is 0.167. The minimum Gasteiger partial charge on any atom is -0.484 e. The molecule has 0 saturated heterocycles. The molecule has 0 unspecified atom stereocenters. The van der Waals surface area contributed by atoms with Crippen molar-refractivity contribution in [2.75, 3.05) is 19.7 Å². The van der Waals surface area contributed by atoms with Crippen molar-refractivity contribution in [2.24, 2.45) is 0 Å². The summed E-state index contributed by atoms with van der Waals surface area (Å²) >= 11 is 5.75. The summed E-state index contributed by atoms with van der Waals surface area (Å²) < 4.78 is 18.7. The van der Waals surface area contributed by atoms with Gasteiger partial charge >= 0.3 is 0 Å². The highest BCUT2D eigenvalue weighted by atomic mass is 35.5. The molecule has 0 heterocycles. The van der Waals surface area contributed by atoms with Crippen molar-refractivity contribution in [3.05, 3.63) is 64.9 Å². The summed E-state index contributed by atoms with van der Waals surface area (Å²) in [4.78, 5) is 23.3. The second kappa shape index (κ2) is 9.64. The number of halogens is 2. The van der Waals surface area contributed by atoms with Gasteiger partial charge in [-0.25, -0.2) is 4.39 Å². The van der Waals surface area contributed by atoms with Crippen LogP contribution in [0.1, 0.15) is 5.56 Å². The normalized spacial score (nSPS) is 10.2. The second-order valence-corrected chi connectivity index (χ2v) is 5.65. The number of ether oxygens (including phenoxy) is 1. The van der Waals surface area contributed by atoms with Crippen LogP contribution in [-0.2, 0) is 16.0 Å². The number of benzene rings is 2. The van der Waals surface area contributed by atoms with Crippen LogP contribution >= 0.6 is 11.6 Å². The van der Waals surface area contributed by atoms with E-state index in [0.29, 0.717) is 22.8 Å². The van der Waals surface area contributed by atoms with E-state index in [2.05, 4.69) is 10.6 Å². The molecule has 7 heteroatoms. The Balaban J connectivity index is 1.61. The molecule has 0 radical (unpaired) electrons. The maximum absolute atomic E-state index is 13.4. The fraction of sp³-hybridized carbons (Fsp3) is 0.222. The quantitative estimate of drug-likeness (QED) is 0.755. The van der Waals surface area contributed by atoms with E-state index in [1.807, 2.05) is 0 Å². The highest BCUT2D eigenvalue weighted by Crippen LogP contribution is 2.15. The first-order valence-corrected chi connectivity index (χ1v) is 8.07. The Morgan fingerprint density at radius 1 is 1.00 bits per heavy atom. The lowest BCUT2D eigenvalue weighted by molar-refractivity contribution is -0.127. The first-order chi connectivity index (χ1) is 12.0. The number of hydrogen-bond acceptors (Lipinski definition) is 3. The van der Waals surface area contributed by atoms with Crippen LogP contribution in [-0.4, -0.2) is 31.5 Å². The molecule has 0 atom stereocenters. The second-order valence-electron chi connectivity index (χ2n) is 5.21. The van der Waals surface area contributed by atoms with Crippen LogP contribution in [0, 0.1) is 5.82 Å². The van der Waals surface area contributed by atoms with Crippen LogP contribution in [0.4, 0.5) is 4.39 Å². The van der Waals surface area contributed by atoms with Crippen LogP contribution in [0.5, 0.6) is 5.75 Å². The molecule has 2 N–H and O–H groups in total. The molecule has 2 rings (SSSR count). The van der Waals surface area contributed by atoms with Crippen LogP contribution in [0.15, 0.2) is 48.5 Å². The molecule has 0 aliphatic carbocycles. The van der Waals surface area contributed by atoms with E-state index < -0.39 is 5.91 Å². The maximum atomic E-state index is 13.4. The summed E-state index contributed by atoms with van der Waals surface area (Å²) in [7, 11) is 0. The summed E-state index contributed by atoms with van der Waals surface area (Å²) in [6.45, 7) is -0.0822. The number of hydrogen-bond donors (Lipinski definition) is 2. The van der Waals surface area contributed by atoms with E-state index in [1.165, 1.54) is 6.07 Å². The van der Waals surface area contributed by atoms with Crippen molar-refractivity contribution in [1.82, 2.24) is 10.6 Å². The highest BCUT2D eigenvalue weighted by Gasteiger charge is 2.07. The number of carbonyl (C=O) groups is 2. The lowest BCUT2D eigenvalue weighted by Gasteiger charge is -2.08. The topological polar surface area (TPSA) is 67.4 Å². The molecule has 0 aliphatic rings. The Labute approximate surface area is 150 Å². The molecule has 132 valence electrons. The average Bonchev–Trinajstić information content (AvgIpc) is 2.61. The van der Waals surface area contributed by atoms with Gasteiger partial charge < -0.3 is 15.4 Å². The molecule has 0 spiro atoms. The van der Waals surface area contributed by atoms with Gasteiger partial charge in [0, 0.05) is 11.6 Å². The van der Waals surface area contributed by atoms with E-state index in [1.54, 1.807) is 42.5 Å². The molecule has 0 aromatic heterocycles. The zero-order valence-electron chi connectivity index (χ0n) is 13.4.